The Kier molecular flexibility index (Phi) is 6.05. The van der Waals surface area contributed by atoms with E-state index >= 15 is 0 Å². The minimum atomic E-state index is 0.850. The Morgan fingerprint density at radius 1 is 0.732 bits per heavy atom. The molecule has 2 aliphatic carbocycles. The van der Waals surface area contributed by atoms with Gasteiger partial charge in [0.1, 0.15) is 0 Å². The van der Waals surface area contributed by atoms with Gasteiger partial charge in [-0.2, -0.15) is 0 Å². The van der Waals surface area contributed by atoms with Crippen molar-refractivity contribution in [3.8, 4) is 22.6 Å². The van der Waals surface area contributed by atoms with Crippen LogP contribution in [-0.4, -0.2) is 0 Å². The molecule has 0 saturated carbocycles. The molecule has 0 N–H and O–H groups in total. The Balaban J connectivity index is 1.26. The molecule has 4 aromatic carbocycles. The van der Waals surface area contributed by atoms with Crippen LogP contribution in [0.3, 0.4) is 0 Å². The van der Waals surface area contributed by atoms with Gasteiger partial charge in [0.15, 0.2) is 11.5 Å². The van der Waals surface area contributed by atoms with Crippen LogP contribution in [0.15, 0.2) is 114 Å². The van der Waals surface area contributed by atoms with Gasteiger partial charge in [0.05, 0.1) is 11.4 Å². The normalized spacial score (nSPS) is 14.8. The van der Waals surface area contributed by atoms with Crippen LogP contribution in [0.25, 0.3) is 28.9 Å². The number of para-hydroxylation sites is 3. The molecule has 0 unspecified atom stereocenters. The first-order valence-electron chi connectivity index (χ1n) is 14.0. The SMILES string of the molecule is Brc1cc(C2=c3sc4c(c3=CCC=C2)CCC=C4)cc(-c2ccc3c(c2)Oc2ccccc2N3c2ccccc2)c1. The summed E-state index contributed by atoms with van der Waals surface area (Å²) >= 11 is 5.76. The second-order valence-electron chi connectivity index (χ2n) is 10.5. The number of benzene rings is 4. The van der Waals surface area contributed by atoms with E-state index in [4.69, 9.17) is 4.74 Å². The van der Waals surface area contributed by atoms with Crippen LogP contribution < -0.4 is 19.4 Å². The van der Waals surface area contributed by atoms with Crippen LogP contribution in [0, 0.1) is 0 Å². The summed E-state index contributed by atoms with van der Waals surface area (Å²) in [6.45, 7) is 0. The summed E-state index contributed by atoms with van der Waals surface area (Å²) < 4.78 is 8.94. The average Bonchev–Trinajstić information content (AvgIpc) is 3.24. The second-order valence-corrected chi connectivity index (χ2v) is 12.5. The van der Waals surface area contributed by atoms with E-state index < -0.39 is 0 Å². The quantitative estimate of drug-likeness (QED) is 0.197. The Hall–Kier alpha value is -4.12. The number of halogens is 1. The highest BCUT2D eigenvalue weighted by molar-refractivity contribution is 9.10. The Bertz CT molecular complexity index is 2020. The van der Waals surface area contributed by atoms with Gasteiger partial charge in [-0.3, -0.25) is 0 Å². The van der Waals surface area contributed by atoms with Gasteiger partial charge >= 0.3 is 0 Å². The first-order chi connectivity index (χ1) is 20.2. The van der Waals surface area contributed by atoms with Crippen LogP contribution in [0.1, 0.15) is 28.8 Å². The van der Waals surface area contributed by atoms with Gasteiger partial charge < -0.3 is 9.64 Å². The zero-order chi connectivity index (χ0) is 27.3. The van der Waals surface area contributed by atoms with E-state index in [-0.39, 0.29) is 0 Å². The van der Waals surface area contributed by atoms with Crippen molar-refractivity contribution in [2.45, 2.75) is 19.3 Å². The maximum absolute atomic E-state index is 6.50. The highest BCUT2D eigenvalue weighted by Gasteiger charge is 2.26. The van der Waals surface area contributed by atoms with E-state index in [0.717, 1.165) is 63.4 Å². The fourth-order valence-corrected chi connectivity index (χ4v) is 7.93. The molecule has 8 rings (SSSR count). The van der Waals surface area contributed by atoms with Crippen LogP contribution in [0.5, 0.6) is 11.5 Å². The number of anilines is 3. The molecule has 198 valence electrons. The lowest BCUT2D eigenvalue weighted by Gasteiger charge is -2.33. The molecule has 4 heteroatoms. The highest BCUT2D eigenvalue weighted by Crippen LogP contribution is 2.51. The van der Waals surface area contributed by atoms with Crippen LogP contribution >= 0.6 is 27.3 Å². The first kappa shape index (κ1) is 24.7. The molecule has 1 aliphatic heterocycles. The maximum Gasteiger partial charge on any atom is 0.152 e. The second kappa shape index (κ2) is 10.1. The zero-order valence-electron chi connectivity index (χ0n) is 22.3. The molecular weight excluding hydrogens is 586 g/mol. The molecule has 3 aliphatic rings. The van der Waals surface area contributed by atoms with Gasteiger partial charge in [-0.05, 0) is 113 Å². The monoisotopic (exact) mass is 611 g/mol. The van der Waals surface area contributed by atoms with E-state index in [2.05, 4.69) is 130 Å². The van der Waals surface area contributed by atoms with E-state index in [1.54, 1.807) is 0 Å². The third-order valence-corrected chi connectivity index (χ3v) is 9.68. The third kappa shape index (κ3) is 4.30. The van der Waals surface area contributed by atoms with Crippen molar-refractivity contribution in [3.05, 3.63) is 139 Å². The fraction of sp³-hybridized carbons (Fsp3) is 0.0811. The smallest absolute Gasteiger partial charge is 0.152 e. The van der Waals surface area contributed by atoms with Crippen molar-refractivity contribution in [2.75, 3.05) is 4.90 Å². The standard InChI is InChI=1S/C37H26BrNOS/c38-27-21-25(20-26(22-27)29-12-4-5-14-31-30-13-6-9-17-36(30)41-37(29)31)24-18-19-33-35(23-24)40-34-16-8-7-15-32(34)39(33)28-10-2-1-3-11-28/h1-4,7-12,14-23H,5-6,13H2. The van der Waals surface area contributed by atoms with Crippen molar-refractivity contribution in [2.24, 2.45) is 0 Å². The van der Waals surface area contributed by atoms with Gasteiger partial charge in [0.2, 0.25) is 0 Å². The minimum absolute atomic E-state index is 0.850. The van der Waals surface area contributed by atoms with Crippen LogP contribution in [0.2, 0.25) is 0 Å². The zero-order valence-corrected chi connectivity index (χ0v) is 24.7. The number of allylic oxidation sites excluding steroid dienone is 3. The molecule has 0 spiro atoms. The van der Waals surface area contributed by atoms with Gasteiger partial charge in [0, 0.05) is 19.6 Å². The molecule has 2 heterocycles. The lowest BCUT2D eigenvalue weighted by Crippen LogP contribution is -2.24. The molecule has 5 aromatic rings. The molecule has 0 radical (unpaired) electrons. The van der Waals surface area contributed by atoms with Crippen LogP contribution in [0.4, 0.5) is 17.1 Å². The van der Waals surface area contributed by atoms with E-state index in [1.165, 1.54) is 31.3 Å². The largest absolute Gasteiger partial charge is 0.453 e. The van der Waals surface area contributed by atoms with Crippen molar-refractivity contribution in [1.82, 2.24) is 0 Å². The van der Waals surface area contributed by atoms with Crippen molar-refractivity contribution in [1.29, 1.82) is 0 Å². The maximum atomic E-state index is 6.50. The van der Waals surface area contributed by atoms with Crippen molar-refractivity contribution in [3.63, 3.8) is 0 Å². The molecule has 2 nitrogen and oxygen atoms in total. The van der Waals surface area contributed by atoms with E-state index in [0.29, 0.717) is 0 Å². The van der Waals surface area contributed by atoms with Gasteiger partial charge in [0.25, 0.3) is 0 Å². The Morgan fingerprint density at radius 3 is 2.49 bits per heavy atom. The molecule has 0 fully saturated rings. The summed E-state index contributed by atoms with van der Waals surface area (Å²) in [7, 11) is 0. The number of ether oxygens (including phenoxy) is 1. The number of rotatable bonds is 3. The number of hydrogen-bond acceptors (Lipinski definition) is 3. The Labute approximate surface area is 252 Å². The van der Waals surface area contributed by atoms with Crippen molar-refractivity contribution < 1.29 is 4.74 Å². The summed E-state index contributed by atoms with van der Waals surface area (Å²) in [5.41, 5.74) is 9.49. The lowest BCUT2D eigenvalue weighted by atomic mass is 9.97. The minimum Gasteiger partial charge on any atom is -0.453 e. The van der Waals surface area contributed by atoms with Gasteiger partial charge in [-0.25, -0.2) is 0 Å². The summed E-state index contributed by atoms with van der Waals surface area (Å²) in [5, 5.41) is 1.43. The first-order valence-corrected chi connectivity index (χ1v) is 15.6. The fourth-order valence-electron chi connectivity index (χ4n) is 6.10. The molecule has 0 bridgehead atoms. The van der Waals surface area contributed by atoms with Crippen LogP contribution in [-0.2, 0) is 6.42 Å². The third-order valence-electron chi connectivity index (χ3n) is 7.98. The highest BCUT2D eigenvalue weighted by atomic mass is 79.9. The molecule has 1 aromatic heterocycles. The predicted octanol–water partition coefficient (Wildman–Crippen LogP) is 9.65. The van der Waals surface area contributed by atoms with Crippen molar-refractivity contribution >= 4 is 62.1 Å². The number of nitrogens with zero attached hydrogens (tertiary/aromatic N) is 1. The summed E-state index contributed by atoms with van der Waals surface area (Å²) in [5.74, 6) is 1.71. The topological polar surface area (TPSA) is 12.5 Å². The Morgan fingerprint density at radius 2 is 1.56 bits per heavy atom. The molecule has 41 heavy (non-hydrogen) atoms. The van der Waals surface area contributed by atoms with Gasteiger partial charge in [-0.1, -0.05) is 76.6 Å². The molecular formula is C37H26BrNOS. The lowest BCUT2D eigenvalue weighted by molar-refractivity contribution is 0.477. The molecule has 0 atom stereocenters. The van der Waals surface area contributed by atoms with E-state index in [1.807, 2.05) is 23.5 Å². The number of thiophene rings is 1. The molecule has 0 saturated heterocycles. The number of hydrogen-bond donors (Lipinski definition) is 0. The average molecular weight is 613 g/mol. The number of fused-ring (bicyclic) bond motifs is 5. The summed E-state index contributed by atoms with van der Waals surface area (Å²) in [6, 6.07) is 32.1. The predicted molar refractivity (Wildman–Crippen MR) is 176 cm³/mol. The van der Waals surface area contributed by atoms with E-state index in [9.17, 15) is 0 Å². The molecule has 0 amide bonds. The summed E-state index contributed by atoms with van der Waals surface area (Å²) in [6.07, 6.45) is 14.8. The summed E-state index contributed by atoms with van der Waals surface area (Å²) in [4.78, 5) is 3.69. The van der Waals surface area contributed by atoms with Gasteiger partial charge in [-0.15, -0.1) is 11.3 Å².